The molecule has 0 saturated carbocycles. The number of nitrogens with zero attached hydrogens (tertiary/aromatic N) is 1. The smallest absolute Gasteiger partial charge is 0.387 e. The first kappa shape index (κ1) is 15.1. The molecule has 2 aliphatic heterocycles. The van der Waals surface area contributed by atoms with E-state index in [1.54, 1.807) is 24.1 Å². The molecular weight excluding hydrogens is 296 g/mol. The zero-order chi connectivity index (χ0) is 14.7. The normalized spacial score (nSPS) is 22.0. The van der Waals surface area contributed by atoms with Crippen LogP contribution in [-0.4, -0.2) is 36.2 Å². The molecule has 0 bridgehead atoms. The first-order chi connectivity index (χ1) is 10.2. The number of piperidine rings is 1. The van der Waals surface area contributed by atoms with Gasteiger partial charge in [-0.1, -0.05) is 0 Å². The molecule has 21 heavy (non-hydrogen) atoms. The first-order valence-electron chi connectivity index (χ1n) is 7.27. The Bertz CT molecular complexity index is 453. The molecule has 2 fully saturated rings. The van der Waals surface area contributed by atoms with Crippen molar-refractivity contribution in [3.05, 3.63) is 24.3 Å². The van der Waals surface area contributed by atoms with Crippen LogP contribution in [0.2, 0.25) is 0 Å². The molecular formula is C15H19F2NO2S. The number of hydrogen-bond acceptors (Lipinski definition) is 4. The van der Waals surface area contributed by atoms with Crippen molar-refractivity contribution >= 4 is 11.9 Å². The summed E-state index contributed by atoms with van der Waals surface area (Å²) in [5, 5.41) is 0. The fourth-order valence-electron chi connectivity index (χ4n) is 2.97. The van der Waals surface area contributed by atoms with E-state index in [-0.39, 0.29) is 11.4 Å². The fourth-order valence-corrected chi connectivity index (χ4v) is 3.89. The van der Waals surface area contributed by atoms with Crippen molar-refractivity contribution in [2.45, 2.75) is 42.8 Å². The third-order valence-corrected chi connectivity index (χ3v) is 5.21. The van der Waals surface area contributed by atoms with Gasteiger partial charge in [-0.2, -0.15) is 8.78 Å². The van der Waals surface area contributed by atoms with Crippen molar-refractivity contribution < 1.29 is 18.3 Å². The van der Waals surface area contributed by atoms with Crippen molar-refractivity contribution in [3.8, 4) is 5.75 Å². The molecule has 0 aromatic heterocycles. The Morgan fingerprint density at radius 1 is 1.14 bits per heavy atom. The lowest BCUT2D eigenvalue weighted by Gasteiger charge is -2.37. The molecule has 1 spiro atoms. The van der Waals surface area contributed by atoms with Crippen LogP contribution >= 0.6 is 11.9 Å². The summed E-state index contributed by atoms with van der Waals surface area (Å²) in [6.45, 7) is 0.131. The van der Waals surface area contributed by atoms with E-state index in [9.17, 15) is 8.78 Å². The van der Waals surface area contributed by atoms with Crippen LogP contribution in [0.1, 0.15) is 25.7 Å². The van der Waals surface area contributed by atoms with Gasteiger partial charge in [0.1, 0.15) is 5.75 Å². The molecule has 116 valence electrons. The minimum Gasteiger partial charge on any atom is -0.435 e. The summed E-state index contributed by atoms with van der Waals surface area (Å²) in [5.41, 5.74) is 0.131. The monoisotopic (exact) mass is 315 g/mol. The van der Waals surface area contributed by atoms with Crippen LogP contribution in [0, 0.1) is 0 Å². The number of rotatable bonds is 4. The van der Waals surface area contributed by atoms with E-state index in [0.717, 1.165) is 37.4 Å². The second kappa shape index (κ2) is 6.50. The van der Waals surface area contributed by atoms with Gasteiger partial charge >= 0.3 is 6.61 Å². The summed E-state index contributed by atoms with van der Waals surface area (Å²) >= 11 is 1.67. The van der Waals surface area contributed by atoms with Crippen LogP contribution in [-0.2, 0) is 4.74 Å². The fraction of sp³-hybridized carbons (Fsp3) is 0.600. The van der Waals surface area contributed by atoms with Crippen LogP contribution in [0.4, 0.5) is 8.78 Å². The molecule has 0 atom stereocenters. The van der Waals surface area contributed by atoms with Crippen molar-refractivity contribution in [1.29, 1.82) is 0 Å². The molecule has 2 aliphatic rings. The minimum atomic E-state index is -2.77. The SMILES string of the molecule is FC(F)Oc1ccc(SN2CCC3(CCCO3)CC2)cc1. The topological polar surface area (TPSA) is 21.7 Å². The number of hydrogen-bond donors (Lipinski definition) is 0. The molecule has 0 amide bonds. The van der Waals surface area contributed by atoms with Crippen molar-refractivity contribution in [1.82, 2.24) is 4.31 Å². The first-order valence-corrected chi connectivity index (χ1v) is 8.04. The van der Waals surface area contributed by atoms with Crippen LogP contribution in [0.15, 0.2) is 29.2 Å². The molecule has 0 N–H and O–H groups in total. The number of benzene rings is 1. The second-order valence-corrected chi connectivity index (χ2v) is 6.68. The van der Waals surface area contributed by atoms with Gasteiger partial charge in [-0.3, -0.25) is 0 Å². The third kappa shape index (κ3) is 3.87. The predicted octanol–water partition coefficient (Wildman–Crippen LogP) is 3.94. The highest BCUT2D eigenvalue weighted by Gasteiger charge is 2.38. The molecule has 1 aromatic rings. The van der Waals surface area contributed by atoms with Gasteiger partial charge in [-0.15, -0.1) is 0 Å². The molecule has 2 heterocycles. The summed E-state index contributed by atoms with van der Waals surface area (Å²) in [6, 6.07) is 6.80. The van der Waals surface area contributed by atoms with E-state index in [0.29, 0.717) is 0 Å². The van der Waals surface area contributed by atoms with Crippen molar-refractivity contribution in [3.63, 3.8) is 0 Å². The molecule has 0 radical (unpaired) electrons. The third-order valence-electron chi connectivity index (χ3n) is 4.10. The minimum absolute atomic E-state index is 0.131. The van der Waals surface area contributed by atoms with Gasteiger partial charge in [0, 0.05) is 24.6 Å². The second-order valence-electron chi connectivity index (χ2n) is 5.51. The zero-order valence-corrected chi connectivity index (χ0v) is 12.6. The van der Waals surface area contributed by atoms with E-state index in [4.69, 9.17) is 4.74 Å². The van der Waals surface area contributed by atoms with Crippen LogP contribution < -0.4 is 4.74 Å². The largest absolute Gasteiger partial charge is 0.435 e. The maximum atomic E-state index is 12.1. The van der Waals surface area contributed by atoms with Gasteiger partial charge in [-0.25, -0.2) is 4.31 Å². The van der Waals surface area contributed by atoms with E-state index in [2.05, 4.69) is 9.04 Å². The van der Waals surface area contributed by atoms with Crippen molar-refractivity contribution in [2.75, 3.05) is 19.7 Å². The van der Waals surface area contributed by atoms with Gasteiger partial charge in [0.15, 0.2) is 0 Å². The van der Waals surface area contributed by atoms with Gasteiger partial charge in [0.25, 0.3) is 0 Å². The predicted molar refractivity (Wildman–Crippen MR) is 77.7 cm³/mol. The Morgan fingerprint density at radius 2 is 1.86 bits per heavy atom. The Hall–Kier alpha value is -0.850. The van der Waals surface area contributed by atoms with Crippen molar-refractivity contribution in [2.24, 2.45) is 0 Å². The molecule has 3 rings (SSSR count). The summed E-state index contributed by atoms with van der Waals surface area (Å²) in [4.78, 5) is 1.04. The van der Waals surface area contributed by atoms with Crippen LogP contribution in [0.25, 0.3) is 0 Å². The number of alkyl halides is 2. The van der Waals surface area contributed by atoms with Gasteiger partial charge < -0.3 is 9.47 Å². The Morgan fingerprint density at radius 3 is 2.43 bits per heavy atom. The molecule has 0 aliphatic carbocycles. The van der Waals surface area contributed by atoms with E-state index in [1.165, 1.54) is 12.8 Å². The summed E-state index contributed by atoms with van der Waals surface area (Å²) in [5.74, 6) is 0.200. The average Bonchev–Trinajstić information content (AvgIpc) is 2.92. The van der Waals surface area contributed by atoms with Gasteiger partial charge in [0.05, 0.1) is 5.60 Å². The lowest BCUT2D eigenvalue weighted by atomic mass is 9.90. The Balaban J connectivity index is 1.51. The maximum Gasteiger partial charge on any atom is 0.387 e. The summed E-state index contributed by atoms with van der Waals surface area (Å²) in [7, 11) is 0. The molecule has 3 nitrogen and oxygen atoms in total. The Kier molecular flexibility index (Phi) is 4.66. The number of halogens is 2. The molecule has 6 heteroatoms. The summed E-state index contributed by atoms with van der Waals surface area (Å²) in [6.07, 6.45) is 4.52. The highest BCUT2D eigenvalue weighted by Crippen LogP contribution is 2.38. The van der Waals surface area contributed by atoms with E-state index < -0.39 is 6.61 Å². The van der Waals surface area contributed by atoms with E-state index >= 15 is 0 Å². The van der Waals surface area contributed by atoms with Crippen LogP contribution in [0.3, 0.4) is 0 Å². The van der Waals surface area contributed by atoms with Gasteiger partial charge in [-0.05, 0) is 61.9 Å². The molecule has 2 saturated heterocycles. The molecule has 0 unspecified atom stereocenters. The molecule has 1 aromatic carbocycles. The summed E-state index contributed by atoms with van der Waals surface area (Å²) < 4.78 is 36.8. The van der Waals surface area contributed by atoms with Gasteiger partial charge in [0.2, 0.25) is 0 Å². The lowest BCUT2D eigenvalue weighted by molar-refractivity contribution is -0.0498. The number of ether oxygens (including phenoxy) is 2. The highest BCUT2D eigenvalue weighted by atomic mass is 32.2. The van der Waals surface area contributed by atoms with E-state index in [1.807, 2.05) is 12.1 Å². The highest BCUT2D eigenvalue weighted by molar-refractivity contribution is 7.97. The quantitative estimate of drug-likeness (QED) is 0.785. The zero-order valence-electron chi connectivity index (χ0n) is 11.8. The van der Waals surface area contributed by atoms with Crippen LogP contribution in [0.5, 0.6) is 5.75 Å². The standard InChI is InChI=1S/C15H19F2NO2S/c16-14(17)20-12-2-4-13(5-3-12)21-18-9-7-15(8-10-18)6-1-11-19-15/h2-5,14H,1,6-11H2. The Labute approximate surface area is 127 Å². The average molecular weight is 315 g/mol. The lowest BCUT2D eigenvalue weighted by Crippen LogP contribution is -2.41. The maximum absolute atomic E-state index is 12.1.